The molecule has 128 valence electrons. The summed E-state index contributed by atoms with van der Waals surface area (Å²) in [4.78, 5) is 12.4. The van der Waals surface area contributed by atoms with E-state index in [1.165, 1.54) is 12.1 Å². The number of amides is 1. The van der Waals surface area contributed by atoms with Crippen molar-refractivity contribution in [1.82, 2.24) is 0 Å². The molecule has 7 heteroatoms. The number of anilines is 2. The number of benzene rings is 1. The van der Waals surface area contributed by atoms with Crippen LogP contribution in [0.4, 0.5) is 33.3 Å². The van der Waals surface area contributed by atoms with Gasteiger partial charge in [0.05, 0.1) is 5.69 Å². The second-order valence-corrected chi connectivity index (χ2v) is 5.31. The van der Waals surface area contributed by atoms with Gasteiger partial charge in [-0.1, -0.05) is 30.3 Å². The minimum atomic E-state index is -2.28. The molecule has 0 unspecified atom stereocenters. The summed E-state index contributed by atoms with van der Waals surface area (Å²) >= 11 is 0. The molecule has 1 aromatic carbocycles. The minimum Gasteiger partial charge on any atom is -0.275 e. The summed E-state index contributed by atoms with van der Waals surface area (Å²) in [5, 5.41) is 0. The first-order valence-electron chi connectivity index (χ1n) is 7.14. The number of nitrogens with zero attached hydrogens (tertiary/aromatic N) is 1. The van der Waals surface area contributed by atoms with E-state index in [2.05, 4.69) is 0 Å². The normalized spacial score (nSPS) is 11.0. The molecule has 0 N–H and O–H groups in total. The summed E-state index contributed by atoms with van der Waals surface area (Å²) in [6, 6.07) is 11.4. The van der Waals surface area contributed by atoms with Gasteiger partial charge >= 0.3 is 0 Å². The first kappa shape index (κ1) is 16.9. The van der Waals surface area contributed by atoms with Gasteiger partial charge in [0.15, 0.2) is 23.3 Å². The molecule has 1 amide bonds. The minimum absolute atomic E-state index is 0.00286. The molecule has 1 aromatic rings. The van der Waals surface area contributed by atoms with E-state index in [4.69, 9.17) is 0 Å². The van der Waals surface area contributed by atoms with Crippen LogP contribution in [0.15, 0.2) is 42.5 Å². The topological polar surface area (TPSA) is 20.3 Å². The third-order valence-corrected chi connectivity index (χ3v) is 3.70. The van der Waals surface area contributed by atoms with Crippen LogP contribution < -0.4 is 4.90 Å². The highest BCUT2D eigenvalue weighted by Crippen LogP contribution is 2.38. The summed E-state index contributed by atoms with van der Waals surface area (Å²) in [5.41, 5.74) is -0.0364. The van der Waals surface area contributed by atoms with Gasteiger partial charge < -0.3 is 0 Å². The third kappa shape index (κ3) is 2.71. The molecule has 0 saturated heterocycles. The Kier molecular flexibility index (Phi) is 4.16. The largest absolute Gasteiger partial charge is 0.275 e. The maximum atomic E-state index is 14.1. The third-order valence-electron chi connectivity index (χ3n) is 3.70. The Morgan fingerprint density at radius 3 is 1.64 bits per heavy atom. The van der Waals surface area contributed by atoms with Crippen LogP contribution in [0.1, 0.15) is 6.92 Å². The van der Waals surface area contributed by atoms with E-state index >= 15 is 0 Å². The van der Waals surface area contributed by atoms with Gasteiger partial charge in [0, 0.05) is 6.92 Å². The van der Waals surface area contributed by atoms with E-state index in [-0.39, 0.29) is 5.69 Å². The van der Waals surface area contributed by atoms with Crippen molar-refractivity contribution < 1.29 is 26.7 Å². The molecule has 0 aromatic heterocycles. The van der Waals surface area contributed by atoms with Crippen LogP contribution >= 0.6 is 0 Å². The highest BCUT2D eigenvalue weighted by atomic mass is 19.2. The molecule has 2 aliphatic rings. The van der Waals surface area contributed by atoms with E-state index in [0.29, 0.717) is 16.0 Å². The molecule has 0 radical (unpaired) electrons. The number of carbonyl (C=O) groups is 1. The smallest absolute Gasteiger partial charge is 0.228 e. The molecule has 2 nitrogen and oxygen atoms in total. The maximum absolute atomic E-state index is 14.1. The van der Waals surface area contributed by atoms with Crippen LogP contribution in [-0.4, -0.2) is 5.91 Å². The zero-order valence-corrected chi connectivity index (χ0v) is 12.8. The summed E-state index contributed by atoms with van der Waals surface area (Å²) < 4.78 is 68.4. The van der Waals surface area contributed by atoms with Crippen molar-refractivity contribution in [3.8, 4) is 11.1 Å². The van der Waals surface area contributed by atoms with Gasteiger partial charge in [-0.25, -0.2) is 22.0 Å². The zero-order chi connectivity index (χ0) is 18.3. The van der Waals surface area contributed by atoms with E-state index < -0.39 is 40.7 Å². The predicted molar refractivity (Wildman–Crippen MR) is 82.1 cm³/mol. The lowest BCUT2D eigenvalue weighted by molar-refractivity contribution is -0.115. The lowest BCUT2D eigenvalue weighted by Gasteiger charge is -2.21. The van der Waals surface area contributed by atoms with Crippen molar-refractivity contribution >= 4 is 17.3 Å². The Morgan fingerprint density at radius 1 is 0.760 bits per heavy atom. The molecule has 25 heavy (non-hydrogen) atoms. The van der Waals surface area contributed by atoms with E-state index in [1.807, 2.05) is 0 Å². The molecule has 0 aliphatic heterocycles. The van der Waals surface area contributed by atoms with Crippen molar-refractivity contribution in [2.24, 2.45) is 0 Å². The molecular formula is C18H10F5NO. The molecule has 0 atom stereocenters. The van der Waals surface area contributed by atoms with Crippen molar-refractivity contribution in [3.05, 3.63) is 71.6 Å². The Balaban J connectivity index is 2.28. The number of halogens is 5. The van der Waals surface area contributed by atoms with Crippen molar-refractivity contribution in [2.45, 2.75) is 6.92 Å². The van der Waals surface area contributed by atoms with Gasteiger partial charge in [-0.05, 0) is 23.3 Å². The second-order valence-electron chi connectivity index (χ2n) is 5.31. The molecule has 3 rings (SSSR count). The number of carbonyl (C=O) groups excluding carboxylic acids is 1. The molecule has 0 bridgehead atoms. The van der Waals surface area contributed by atoms with Gasteiger partial charge in [-0.3, -0.25) is 9.69 Å². The second kappa shape index (κ2) is 6.16. The van der Waals surface area contributed by atoms with Crippen LogP contribution in [0.3, 0.4) is 0 Å². The SMILES string of the molecule is CC(=O)N(c1cc2cccccc-2c1)c1c(F)c(F)c(F)c(F)c1F. The van der Waals surface area contributed by atoms with Crippen molar-refractivity contribution in [3.63, 3.8) is 0 Å². The monoisotopic (exact) mass is 351 g/mol. The Hall–Kier alpha value is -2.96. The van der Waals surface area contributed by atoms with Gasteiger partial charge in [0.25, 0.3) is 0 Å². The lowest BCUT2D eigenvalue weighted by Crippen LogP contribution is -2.26. The average Bonchev–Trinajstić information content (AvgIpc) is 2.84. The molecule has 2 aliphatic carbocycles. The predicted octanol–water partition coefficient (Wildman–Crippen LogP) is 5.17. The number of rotatable bonds is 2. The van der Waals surface area contributed by atoms with Crippen LogP contribution in [0, 0.1) is 29.1 Å². The first-order chi connectivity index (χ1) is 11.8. The van der Waals surface area contributed by atoms with Gasteiger partial charge in [-0.2, -0.15) is 0 Å². The van der Waals surface area contributed by atoms with E-state index in [0.717, 1.165) is 6.92 Å². The standard InChI is InChI=1S/C18H10F5NO/c1-9(25)24(12-7-10-5-3-2-4-6-11(10)8-12)18-16(22)14(20)13(19)15(21)17(18)23/h2-8H,1H3. The van der Waals surface area contributed by atoms with Crippen LogP contribution in [0.2, 0.25) is 0 Å². The summed E-state index contributed by atoms with van der Waals surface area (Å²) in [7, 11) is 0. The number of hydrogen-bond donors (Lipinski definition) is 0. The molecule has 0 fully saturated rings. The fraction of sp³-hybridized carbons (Fsp3) is 0.0556. The van der Waals surface area contributed by atoms with Gasteiger partial charge in [0.2, 0.25) is 11.7 Å². The van der Waals surface area contributed by atoms with Crippen LogP contribution in [0.5, 0.6) is 0 Å². The summed E-state index contributed by atoms with van der Waals surface area (Å²) in [6.45, 7) is 0.968. The average molecular weight is 351 g/mol. The Morgan fingerprint density at radius 2 is 1.20 bits per heavy atom. The zero-order valence-electron chi connectivity index (χ0n) is 12.8. The number of hydrogen-bond acceptors (Lipinski definition) is 1. The van der Waals surface area contributed by atoms with Crippen LogP contribution in [0.25, 0.3) is 11.1 Å². The highest BCUT2D eigenvalue weighted by molar-refractivity contribution is 6.01. The molecular weight excluding hydrogens is 341 g/mol. The molecule has 0 saturated carbocycles. The van der Waals surface area contributed by atoms with E-state index in [1.54, 1.807) is 30.3 Å². The fourth-order valence-electron chi connectivity index (χ4n) is 2.59. The Labute approximate surface area is 139 Å². The van der Waals surface area contributed by atoms with Gasteiger partial charge in [-0.15, -0.1) is 0 Å². The maximum Gasteiger partial charge on any atom is 0.228 e. The van der Waals surface area contributed by atoms with Crippen molar-refractivity contribution in [2.75, 3.05) is 4.90 Å². The van der Waals surface area contributed by atoms with Crippen molar-refractivity contribution in [1.29, 1.82) is 0 Å². The summed E-state index contributed by atoms with van der Waals surface area (Å²) in [6.07, 6.45) is 0. The quantitative estimate of drug-likeness (QED) is 0.354. The summed E-state index contributed by atoms with van der Waals surface area (Å²) in [5.74, 6) is -11.5. The van der Waals surface area contributed by atoms with E-state index in [9.17, 15) is 26.7 Å². The Bertz CT molecular complexity index is 897. The van der Waals surface area contributed by atoms with Crippen LogP contribution in [-0.2, 0) is 4.79 Å². The highest BCUT2D eigenvalue weighted by Gasteiger charge is 2.32. The fourth-order valence-corrected chi connectivity index (χ4v) is 2.59. The lowest BCUT2D eigenvalue weighted by atomic mass is 10.2. The number of fused-ring (bicyclic) bond motifs is 1. The van der Waals surface area contributed by atoms with Gasteiger partial charge in [0.1, 0.15) is 5.69 Å². The molecule has 0 heterocycles. The first-order valence-corrected chi connectivity index (χ1v) is 7.14. The molecule has 0 spiro atoms.